The summed E-state index contributed by atoms with van der Waals surface area (Å²) in [6.07, 6.45) is 5.77. The third-order valence-corrected chi connectivity index (χ3v) is 2.64. The minimum Gasteiger partial charge on any atom is -0.440 e. The minimum atomic E-state index is -0.362. The molecule has 1 heterocycles. The molecule has 3 nitrogen and oxygen atoms in total. The zero-order valence-electron chi connectivity index (χ0n) is 9.50. The predicted molar refractivity (Wildman–Crippen MR) is 67.5 cm³/mol. The van der Waals surface area contributed by atoms with Crippen LogP contribution in [0.25, 0.3) is 6.08 Å². The van der Waals surface area contributed by atoms with E-state index in [1.165, 1.54) is 0 Å². The smallest absolute Gasteiger partial charge is 0.408 e. The van der Waals surface area contributed by atoms with Crippen LogP contribution in [0.5, 0.6) is 0 Å². The average molecular weight is 229 g/mol. The molecule has 17 heavy (non-hydrogen) atoms. The Labute approximate surface area is 101 Å². The van der Waals surface area contributed by atoms with Crippen molar-refractivity contribution >= 4 is 12.2 Å². The molecule has 88 valence electrons. The van der Waals surface area contributed by atoms with Gasteiger partial charge in [-0.15, -0.1) is 6.58 Å². The van der Waals surface area contributed by atoms with E-state index in [9.17, 15) is 4.79 Å². The molecule has 3 heteroatoms. The van der Waals surface area contributed by atoms with Crippen LogP contribution in [-0.4, -0.2) is 18.2 Å². The first kappa shape index (κ1) is 11.5. The van der Waals surface area contributed by atoms with Gasteiger partial charge >= 0.3 is 6.09 Å². The van der Waals surface area contributed by atoms with Crippen molar-refractivity contribution in [1.29, 1.82) is 0 Å². The molecule has 0 spiro atoms. The number of nitrogens with one attached hydrogen (secondary N) is 1. The molecule has 0 saturated carbocycles. The molecule has 0 bridgehead atoms. The van der Waals surface area contributed by atoms with E-state index in [1.807, 2.05) is 42.5 Å². The number of ether oxygens (including phenoxy) is 1. The number of hydrogen-bond acceptors (Lipinski definition) is 2. The van der Waals surface area contributed by atoms with Crippen molar-refractivity contribution in [1.82, 2.24) is 5.32 Å². The summed E-state index contributed by atoms with van der Waals surface area (Å²) >= 11 is 0. The average Bonchev–Trinajstić information content (AvgIpc) is 2.69. The Bertz CT molecular complexity index is 425. The number of alkyl carbamates (subject to hydrolysis) is 1. The number of rotatable bonds is 4. The van der Waals surface area contributed by atoms with Gasteiger partial charge in [-0.05, 0) is 18.1 Å². The fraction of sp³-hybridized carbons (Fsp3) is 0.214. The molecule has 0 aliphatic carbocycles. The Morgan fingerprint density at radius 2 is 2.12 bits per heavy atom. The van der Waals surface area contributed by atoms with E-state index in [2.05, 4.69) is 11.9 Å². The highest BCUT2D eigenvalue weighted by atomic mass is 16.6. The van der Waals surface area contributed by atoms with Crippen LogP contribution in [0.1, 0.15) is 12.0 Å². The molecule has 1 N–H and O–H groups in total. The first-order valence-electron chi connectivity index (χ1n) is 5.61. The Morgan fingerprint density at radius 1 is 1.35 bits per heavy atom. The van der Waals surface area contributed by atoms with Gasteiger partial charge in [-0.2, -0.15) is 0 Å². The highest BCUT2D eigenvalue weighted by Gasteiger charge is 2.30. The molecule has 1 amide bonds. The number of amides is 1. The number of cyclic esters (lactones) is 1. The van der Waals surface area contributed by atoms with Crippen LogP contribution in [0.2, 0.25) is 0 Å². The van der Waals surface area contributed by atoms with Gasteiger partial charge in [0.1, 0.15) is 6.10 Å². The fourth-order valence-corrected chi connectivity index (χ4v) is 1.79. The van der Waals surface area contributed by atoms with E-state index in [4.69, 9.17) is 4.74 Å². The van der Waals surface area contributed by atoms with Crippen molar-refractivity contribution in [2.75, 3.05) is 0 Å². The third kappa shape index (κ3) is 2.97. The zero-order valence-corrected chi connectivity index (χ0v) is 9.50. The Morgan fingerprint density at radius 3 is 2.82 bits per heavy atom. The highest BCUT2D eigenvalue weighted by molar-refractivity contribution is 5.71. The number of benzene rings is 1. The summed E-state index contributed by atoms with van der Waals surface area (Å²) in [6.45, 7) is 3.67. The van der Waals surface area contributed by atoms with Crippen LogP contribution in [0.4, 0.5) is 4.79 Å². The van der Waals surface area contributed by atoms with Gasteiger partial charge in [0.05, 0.1) is 6.04 Å². The van der Waals surface area contributed by atoms with Crippen molar-refractivity contribution < 1.29 is 9.53 Å². The van der Waals surface area contributed by atoms with Crippen molar-refractivity contribution in [2.24, 2.45) is 0 Å². The van der Waals surface area contributed by atoms with Crippen LogP contribution < -0.4 is 5.32 Å². The predicted octanol–water partition coefficient (Wildman–Crippen LogP) is 2.75. The lowest BCUT2D eigenvalue weighted by Crippen LogP contribution is -2.29. The van der Waals surface area contributed by atoms with Gasteiger partial charge in [0.25, 0.3) is 0 Å². The van der Waals surface area contributed by atoms with E-state index in [0.29, 0.717) is 6.42 Å². The molecule has 2 atom stereocenters. The molecule has 0 unspecified atom stereocenters. The molecule has 1 fully saturated rings. The Balaban J connectivity index is 2.04. The van der Waals surface area contributed by atoms with E-state index in [-0.39, 0.29) is 18.2 Å². The van der Waals surface area contributed by atoms with Crippen LogP contribution >= 0.6 is 0 Å². The SMILES string of the molecule is C=CC[C@H]1NC(=O)O[C@@H]1C=Cc1ccccc1. The second-order valence-corrected chi connectivity index (χ2v) is 3.91. The van der Waals surface area contributed by atoms with Crippen molar-refractivity contribution in [3.63, 3.8) is 0 Å². The first-order chi connectivity index (χ1) is 8.29. The molecule has 1 aromatic carbocycles. The van der Waals surface area contributed by atoms with Gasteiger partial charge in [0, 0.05) is 0 Å². The summed E-state index contributed by atoms with van der Waals surface area (Å²) in [5.41, 5.74) is 1.09. The maximum atomic E-state index is 11.1. The molecule has 1 saturated heterocycles. The molecule has 1 aliphatic rings. The van der Waals surface area contributed by atoms with Crippen LogP contribution in [0.15, 0.2) is 49.1 Å². The third-order valence-electron chi connectivity index (χ3n) is 2.64. The summed E-state index contributed by atoms with van der Waals surface area (Å²) in [5.74, 6) is 0. The molecule has 2 rings (SSSR count). The quantitative estimate of drug-likeness (QED) is 0.806. The molecular formula is C14H15NO2. The Hall–Kier alpha value is -2.03. The molecular weight excluding hydrogens is 214 g/mol. The molecule has 1 aromatic rings. The number of hydrogen-bond donors (Lipinski definition) is 1. The summed E-state index contributed by atoms with van der Waals surface area (Å²) < 4.78 is 5.16. The van der Waals surface area contributed by atoms with Crippen molar-refractivity contribution in [3.05, 3.63) is 54.6 Å². The molecule has 0 aromatic heterocycles. The van der Waals surface area contributed by atoms with E-state index >= 15 is 0 Å². The van der Waals surface area contributed by atoms with E-state index in [0.717, 1.165) is 5.56 Å². The lowest BCUT2D eigenvalue weighted by Gasteiger charge is -2.10. The standard InChI is InChI=1S/C14H15NO2/c1-2-6-12-13(17-14(16)15-12)10-9-11-7-4-3-5-8-11/h2-5,7-10,12-13H,1,6H2,(H,15,16)/t12-,13-/m1/s1. The first-order valence-corrected chi connectivity index (χ1v) is 5.61. The maximum absolute atomic E-state index is 11.1. The van der Waals surface area contributed by atoms with Crippen LogP contribution in [-0.2, 0) is 4.74 Å². The summed E-state index contributed by atoms with van der Waals surface area (Å²) in [4.78, 5) is 11.1. The number of carbonyl (C=O) groups is 1. The normalized spacial score (nSPS) is 23.4. The van der Waals surface area contributed by atoms with Gasteiger partial charge in [0.15, 0.2) is 0 Å². The van der Waals surface area contributed by atoms with Gasteiger partial charge < -0.3 is 10.1 Å². The highest BCUT2D eigenvalue weighted by Crippen LogP contribution is 2.15. The summed E-state index contributed by atoms with van der Waals surface area (Å²) in [6, 6.07) is 9.90. The van der Waals surface area contributed by atoms with Crippen molar-refractivity contribution in [2.45, 2.75) is 18.6 Å². The van der Waals surface area contributed by atoms with Gasteiger partial charge in [-0.1, -0.05) is 42.5 Å². The summed E-state index contributed by atoms with van der Waals surface area (Å²) in [5, 5.41) is 2.76. The van der Waals surface area contributed by atoms with Crippen LogP contribution in [0.3, 0.4) is 0 Å². The largest absolute Gasteiger partial charge is 0.440 e. The van der Waals surface area contributed by atoms with Gasteiger partial charge in [-0.3, -0.25) is 0 Å². The maximum Gasteiger partial charge on any atom is 0.408 e. The minimum absolute atomic E-state index is 0.0139. The van der Waals surface area contributed by atoms with Crippen LogP contribution in [0, 0.1) is 0 Å². The lowest BCUT2D eigenvalue weighted by molar-refractivity contribution is 0.153. The fourth-order valence-electron chi connectivity index (χ4n) is 1.79. The lowest BCUT2D eigenvalue weighted by atomic mass is 10.1. The van der Waals surface area contributed by atoms with Gasteiger partial charge in [0.2, 0.25) is 0 Å². The second-order valence-electron chi connectivity index (χ2n) is 3.91. The summed E-state index contributed by atoms with van der Waals surface area (Å²) in [7, 11) is 0. The topological polar surface area (TPSA) is 38.3 Å². The van der Waals surface area contributed by atoms with Crippen molar-refractivity contribution in [3.8, 4) is 0 Å². The van der Waals surface area contributed by atoms with Gasteiger partial charge in [-0.25, -0.2) is 4.79 Å². The monoisotopic (exact) mass is 229 g/mol. The zero-order chi connectivity index (χ0) is 12.1. The molecule has 0 radical (unpaired) electrons. The van der Waals surface area contributed by atoms with E-state index < -0.39 is 0 Å². The Kier molecular flexibility index (Phi) is 3.60. The number of carbonyl (C=O) groups excluding carboxylic acids is 1. The molecule has 1 aliphatic heterocycles. The van der Waals surface area contributed by atoms with E-state index in [1.54, 1.807) is 6.08 Å². The second kappa shape index (κ2) is 5.34.